The summed E-state index contributed by atoms with van der Waals surface area (Å²) < 4.78 is 18.6. The number of hydrogen-bond acceptors (Lipinski definition) is 3. The van der Waals surface area contributed by atoms with E-state index in [4.69, 9.17) is 4.74 Å². The van der Waals surface area contributed by atoms with Gasteiger partial charge in [-0.3, -0.25) is 9.59 Å². The fourth-order valence-electron chi connectivity index (χ4n) is 1.49. The Bertz CT molecular complexity index is 511. The van der Waals surface area contributed by atoms with Crippen LogP contribution in [0.2, 0.25) is 0 Å². The van der Waals surface area contributed by atoms with Gasteiger partial charge in [0.05, 0.1) is 4.47 Å². The molecule has 0 aliphatic carbocycles. The molecule has 1 aromatic carbocycles. The summed E-state index contributed by atoms with van der Waals surface area (Å²) in [6, 6.07) is 3.26. The molecule has 1 aromatic rings. The van der Waals surface area contributed by atoms with Crippen molar-refractivity contribution < 1.29 is 18.7 Å². The van der Waals surface area contributed by atoms with Gasteiger partial charge in [-0.15, -0.1) is 0 Å². The average molecular weight is 361 g/mol. The lowest BCUT2D eigenvalue weighted by molar-refractivity contribution is -0.129. The highest BCUT2D eigenvalue weighted by atomic mass is 79.9. The van der Waals surface area contributed by atoms with Crippen molar-refractivity contribution in [2.45, 2.75) is 26.3 Å². The van der Waals surface area contributed by atoms with E-state index in [0.717, 1.165) is 6.42 Å². The predicted molar refractivity (Wildman–Crippen MR) is 80.5 cm³/mol. The third kappa shape index (κ3) is 6.12. The third-order valence-corrected chi connectivity index (χ3v) is 3.19. The molecule has 0 fully saturated rings. The van der Waals surface area contributed by atoms with Crippen LogP contribution in [0.5, 0.6) is 5.75 Å². The van der Waals surface area contributed by atoms with Crippen molar-refractivity contribution >= 4 is 27.7 Å². The van der Waals surface area contributed by atoms with Crippen LogP contribution in [0.4, 0.5) is 4.39 Å². The van der Waals surface area contributed by atoms with Gasteiger partial charge in [0.2, 0.25) is 5.91 Å². The van der Waals surface area contributed by atoms with Crippen LogP contribution in [0.3, 0.4) is 0 Å². The first-order valence-electron chi connectivity index (χ1n) is 6.59. The maximum atomic E-state index is 12.9. The summed E-state index contributed by atoms with van der Waals surface area (Å²) in [7, 11) is 0. The Hall–Kier alpha value is -1.63. The van der Waals surface area contributed by atoms with Crippen molar-refractivity contribution in [1.29, 1.82) is 0 Å². The molecule has 0 unspecified atom stereocenters. The van der Waals surface area contributed by atoms with Gasteiger partial charge >= 0.3 is 0 Å². The highest BCUT2D eigenvalue weighted by Gasteiger charge is 2.15. The number of nitrogens with one attached hydrogen (secondary N) is 2. The first-order valence-corrected chi connectivity index (χ1v) is 7.38. The summed E-state index contributed by atoms with van der Waals surface area (Å²) in [5.41, 5.74) is 0. The van der Waals surface area contributed by atoms with E-state index < -0.39 is 17.8 Å². The van der Waals surface area contributed by atoms with E-state index in [1.54, 1.807) is 6.92 Å². The molecule has 1 atom stereocenters. The van der Waals surface area contributed by atoms with Crippen molar-refractivity contribution in [1.82, 2.24) is 10.6 Å². The van der Waals surface area contributed by atoms with Gasteiger partial charge in [-0.2, -0.15) is 0 Å². The number of carbonyl (C=O) groups excluding carboxylic acids is 2. The maximum Gasteiger partial charge on any atom is 0.258 e. The van der Waals surface area contributed by atoms with Crippen molar-refractivity contribution in [3.63, 3.8) is 0 Å². The van der Waals surface area contributed by atoms with E-state index in [9.17, 15) is 14.0 Å². The number of halogens is 2. The average Bonchev–Trinajstić information content (AvgIpc) is 2.43. The lowest BCUT2D eigenvalue weighted by Gasteiger charge is -2.14. The SMILES string of the molecule is CCCNC(=O)[C@H](C)NC(=O)COc1ccc(F)cc1Br. The Morgan fingerprint density at radius 1 is 1.43 bits per heavy atom. The first kappa shape index (κ1) is 17.4. The molecule has 116 valence electrons. The number of carbonyl (C=O) groups is 2. The van der Waals surface area contributed by atoms with Gasteiger partial charge < -0.3 is 15.4 Å². The van der Waals surface area contributed by atoms with Crippen LogP contribution < -0.4 is 15.4 Å². The van der Waals surface area contributed by atoms with Gasteiger partial charge in [0.1, 0.15) is 17.6 Å². The van der Waals surface area contributed by atoms with E-state index in [-0.39, 0.29) is 12.5 Å². The van der Waals surface area contributed by atoms with Gasteiger partial charge in [-0.25, -0.2) is 4.39 Å². The standard InChI is InChI=1S/C14H18BrFN2O3/c1-3-6-17-14(20)9(2)18-13(19)8-21-12-5-4-10(16)7-11(12)15/h4-5,7,9H,3,6,8H2,1-2H3,(H,17,20)(H,18,19)/t9-/m0/s1. The molecule has 1 rings (SSSR count). The minimum absolute atomic E-state index is 0.242. The monoisotopic (exact) mass is 360 g/mol. The number of amides is 2. The van der Waals surface area contributed by atoms with Crippen molar-refractivity contribution in [2.24, 2.45) is 0 Å². The van der Waals surface area contributed by atoms with Crippen LogP contribution in [-0.4, -0.2) is 31.0 Å². The van der Waals surface area contributed by atoms with E-state index in [0.29, 0.717) is 16.8 Å². The van der Waals surface area contributed by atoms with Gasteiger partial charge in [0.15, 0.2) is 6.61 Å². The Kier molecular flexibility index (Phi) is 7.14. The molecule has 0 saturated carbocycles. The molecule has 0 spiro atoms. The van der Waals surface area contributed by atoms with Crippen molar-refractivity contribution in [2.75, 3.05) is 13.2 Å². The molecule has 7 heteroatoms. The van der Waals surface area contributed by atoms with E-state index in [1.165, 1.54) is 18.2 Å². The molecular weight excluding hydrogens is 343 g/mol. The topological polar surface area (TPSA) is 67.4 Å². The fourth-order valence-corrected chi connectivity index (χ4v) is 1.95. The van der Waals surface area contributed by atoms with Crippen LogP contribution in [0, 0.1) is 5.82 Å². The lowest BCUT2D eigenvalue weighted by Crippen LogP contribution is -2.46. The van der Waals surface area contributed by atoms with E-state index >= 15 is 0 Å². The van der Waals surface area contributed by atoms with Crippen LogP contribution in [0.15, 0.2) is 22.7 Å². The van der Waals surface area contributed by atoms with Gasteiger partial charge in [0.25, 0.3) is 5.91 Å². The highest BCUT2D eigenvalue weighted by molar-refractivity contribution is 9.10. The van der Waals surface area contributed by atoms with Crippen LogP contribution in [0.25, 0.3) is 0 Å². The van der Waals surface area contributed by atoms with Crippen molar-refractivity contribution in [3.05, 3.63) is 28.5 Å². The molecular formula is C14H18BrFN2O3. The maximum absolute atomic E-state index is 12.9. The molecule has 0 radical (unpaired) electrons. The fraction of sp³-hybridized carbons (Fsp3) is 0.429. The summed E-state index contributed by atoms with van der Waals surface area (Å²) in [6.45, 7) is 3.85. The molecule has 0 saturated heterocycles. The van der Waals surface area contributed by atoms with Crippen molar-refractivity contribution in [3.8, 4) is 5.75 Å². The minimum atomic E-state index is -0.635. The second-order valence-corrected chi connectivity index (χ2v) is 5.30. The van der Waals surface area contributed by atoms with Crippen LogP contribution in [0.1, 0.15) is 20.3 Å². The largest absolute Gasteiger partial charge is 0.483 e. The summed E-state index contributed by atoms with van der Waals surface area (Å²) >= 11 is 3.14. The molecule has 21 heavy (non-hydrogen) atoms. The Balaban J connectivity index is 2.41. The Morgan fingerprint density at radius 2 is 2.14 bits per heavy atom. The van der Waals surface area contributed by atoms with Gasteiger partial charge in [-0.05, 0) is 47.5 Å². The lowest BCUT2D eigenvalue weighted by atomic mass is 10.3. The van der Waals surface area contributed by atoms with Crippen LogP contribution >= 0.6 is 15.9 Å². The second-order valence-electron chi connectivity index (χ2n) is 4.44. The van der Waals surface area contributed by atoms with E-state index in [2.05, 4.69) is 26.6 Å². The Morgan fingerprint density at radius 3 is 2.76 bits per heavy atom. The Labute approximate surface area is 131 Å². The zero-order chi connectivity index (χ0) is 15.8. The van der Waals surface area contributed by atoms with Gasteiger partial charge in [-0.1, -0.05) is 6.92 Å². The molecule has 0 bridgehead atoms. The quantitative estimate of drug-likeness (QED) is 0.781. The zero-order valence-electron chi connectivity index (χ0n) is 11.9. The summed E-state index contributed by atoms with van der Waals surface area (Å²) in [5, 5.41) is 5.21. The number of rotatable bonds is 7. The zero-order valence-corrected chi connectivity index (χ0v) is 13.5. The number of ether oxygens (including phenoxy) is 1. The normalized spacial score (nSPS) is 11.6. The first-order chi connectivity index (χ1) is 9.93. The second kappa shape index (κ2) is 8.61. The smallest absolute Gasteiger partial charge is 0.258 e. The molecule has 2 amide bonds. The van der Waals surface area contributed by atoms with E-state index in [1.807, 2.05) is 6.92 Å². The predicted octanol–water partition coefficient (Wildman–Crippen LogP) is 2.00. The summed E-state index contributed by atoms with van der Waals surface area (Å²) in [6.07, 6.45) is 0.827. The van der Waals surface area contributed by atoms with Crippen LogP contribution in [-0.2, 0) is 9.59 Å². The molecule has 5 nitrogen and oxygen atoms in total. The molecule has 2 N–H and O–H groups in total. The third-order valence-electron chi connectivity index (χ3n) is 2.57. The number of hydrogen-bond donors (Lipinski definition) is 2. The molecule has 0 heterocycles. The molecule has 0 aromatic heterocycles. The van der Waals surface area contributed by atoms with Gasteiger partial charge in [0, 0.05) is 6.54 Å². The summed E-state index contributed by atoms with van der Waals surface area (Å²) in [4.78, 5) is 23.3. The molecule has 0 aliphatic heterocycles. The summed E-state index contributed by atoms with van der Waals surface area (Å²) in [5.74, 6) is -0.715. The minimum Gasteiger partial charge on any atom is -0.483 e. The highest BCUT2D eigenvalue weighted by Crippen LogP contribution is 2.25. The molecule has 0 aliphatic rings. The number of benzene rings is 1.